The van der Waals surface area contributed by atoms with Gasteiger partial charge in [-0.3, -0.25) is 4.90 Å². The third-order valence-electron chi connectivity index (χ3n) is 4.44. The van der Waals surface area contributed by atoms with Gasteiger partial charge in [-0.25, -0.2) is 0 Å². The maximum absolute atomic E-state index is 9.35. The first kappa shape index (κ1) is 12.7. The zero-order valence-electron chi connectivity index (χ0n) is 11.5. The third-order valence-corrected chi connectivity index (χ3v) is 4.44. The van der Waals surface area contributed by atoms with Gasteiger partial charge in [0, 0.05) is 12.1 Å². The molecule has 0 aromatic heterocycles. The summed E-state index contributed by atoms with van der Waals surface area (Å²) >= 11 is 0. The lowest BCUT2D eigenvalue weighted by molar-refractivity contribution is 0.217. The molecule has 0 bridgehead atoms. The summed E-state index contributed by atoms with van der Waals surface area (Å²) in [5.41, 5.74) is 2.08. The number of nitrogens with one attached hydrogen (secondary N) is 1. The lowest BCUT2D eigenvalue weighted by Gasteiger charge is -2.29. The normalized spacial score (nSPS) is 27.4. The van der Waals surface area contributed by atoms with Gasteiger partial charge in [0.1, 0.15) is 0 Å². The largest absolute Gasteiger partial charge is 0.319 e. The molecule has 1 saturated carbocycles. The van der Waals surface area contributed by atoms with Crippen molar-refractivity contribution in [3.05, 3.63) is 35.4 Å². The van der Waals surface area contributed by atoms with Crippen molar-refractivity contribution in [1.82, 2.24) is 10.2 Å². The zero-order valence-corrected chi connectivity index (χ0v) is 11.5. The summed E-state index contributed by atoms with van der Waals surface area (Å²) in [5, 5.41) is 12.7. The Morgan fingerprint density at radius 3 is 2.79 bits per heavy atom. The van der Waals surface area contributed by atoms with E-state index in [2.05, 4.69) is 28.4 Å². The first-order valence-electron chi connectivity index (χ1n) is 7.24. The Kier molecular flexibility index (Phi) is 3.54. The van der Waals surface area contributed by atoms with Crippen LogP contribution in [0.5, 0.6) is 0 Å². The van der Waals surface area contributed by atoms with Gasteiger partial charge in [-0.15, -0.1) is 0 Å². The van der Waals surface area contributed by atoms with Crippen molar-refractivity contribution in [1.29, 1.82) is 5.26 Å². The lowest BCUT2D eigenvalue weighted by Crippen LogP contribution is -2.31. The van der Waals surface area contributed by atoms with Crippen molar-refractivity contribution >= 4 is 0 Å². The summed E-state index contributed by atoms with van der Waals surface area (Å²) in [6.07, 6.45) is 3.90. The van der Waals surface area contributed by atoms with Crippen LogP contribution in [0.15, 0.2) is 24.3 Å². The number of hydrogen-bond acceptors (Lipinski definition) is 3. The second kappa shape index (κ2) is 5.32. The summed E-state index contributed by atoms with van der Waals surface area (Å²) in [6, 6.07) is 11.7. The third kappa shape index (κ3) is 2.39. The van der Waals surface area contributed by atoms with Crippen molar-refractivity contribution < 1.29 is 0 Å². The van der Waals surface area contributed by atoms with Gasteiger partial charge < -0.3 is 5.32 Å². The highest BCUT2D eigenvalue weighted by molar-refractivity contribution is 5.40. The van der Waals surface area contributed by atoms with Gasteiger partial charge in [0.2, 0.25) is 0 Å². The fourth-order valence-electron chi connectivity index (χ4n) is 3.46. The van der Waals surface area contributed by atoms with Gasteiger partial charge in [0.25, 0.3) is 0 Å². The van der Waals surface area contributed by atoms with E-state index in [0.717, 1.165) is 18.2 Å². The van der Waals surface area contributed by atoms with Crippen LogP contribution in [-0.2, 0) is 0 Å². The summed E-state index contributed by atoms with van der Waals surface area (Å²) in [6.45, 7) is 2.22. The second-order valence-corrected chi connectivity index (χ2v) is 5.72. The summed E-state index contributed by atoms with van der Waals surface area (Å²) < 4.78 is 0. The number of benzene rings is 1. The Morgan fingerprint density at radius 2 is 2.11 bits per heavy atom. The minimum absolute atomic E-state index is 0.427. The molecule has 1 aromatic carbocycles. The molecule has 3 rings (SSSR count). The molecular formula is C16H21N3. The van der Waals surface area contributed by atoms with E-state index >= 15 is 0 Å². The highest BCUT2D eigenvalue weighted by atomic mass is 15.2. The molecule has 1 aliphatic carbocycles. The molecule has 2 unspecified atom stereocenters. The van der Waals surface area contributed by atoms with Crippen LogP contribution in [-0.4, -0.2) is 31.1 Å². The molecule has 0 spiro atoms. The first-order valence-corrected chi connectivity index (χ1v) is 7.24. The van der Waals surface area contributed by atoms with Crippen LogP contribution in [0.4, 0.5) is 0 Å². The minimum atomic E-state index is 0.427. The fraction of sp³-hybridized carbons (Fsp3) is 0.562. The summed E-state index contributed by atoms with van der Waals surface area (Å²) in [4.78, 5) is 2.64. The highest BCUT2D eigenvalue weighted by Gasteiger charge is 2.42. The standard InChI is InChI=1S/C16H21N3/c1-18-11-13-8-9-19(14-6-7-14)16(13)15-5-3-2-4-12(15)10-17/h2-5,13-14,16,18H,6-9,11H2,1H3. The molecule has 2 atom stereocenters. The van der Waals surface area contributed by atoms with Crippen LogP contribution in [0.25, 0.3) is 0 Å². The number of nitriles is 1. The van der Waals surface area contributed by atoms with E-state index in [1.54, 1.807) is 0 Å². The lowest BCUT2D eigenvalue weighted by atomic mass is 9.90. The van der Waals surface area contributed by atoms with Crippen LogP contribution in [0.3, 0.4) is 0 Å². The Bertz CT molecular complexity index is 487. The van der Waals surface area contributed by atoms with Gasteiger partial charge in [0.15, 0.2) is 0 Å². The molecule has 1 aromatic rings. The van der Waals surface area contributed by atoms with Crippen LogP contribution >= 0.6 is 0 Å². The van der Waals surface area contributed by atoms with E-state index in [9.17, 15) is 5.26 Å². The number of likely N-dealkylation sites (tertiary alicyclic amines) is 1. The molecular weight excluding hydrogens is 234 g/mol. The predicted octanol–water partition coefficient (Wildman–Crippen LogP) is 2.30. The van der Waals surface area contributed by atoms with Crippen molar-refractivity contribution in [2.75, 3.05) is 20.1 Å². The van der Waals surface area contributed by atoms with Crippen molar-refractivity contribution in [2.45, 2.75) is 31.3 Å². The zero-order chi connectivity index (χ0) is 13.2. The van der Waals surface area contributed by atoms with Gasteiger partial charge in [-0.1, -0.05) is 18.2 Å². The van der Waals surface area contributed by atoms with E-state index in [1.165, 1.54) is 31.4 Å². The molecule has 2 aliphatic rings. The van der Waals surface area contributed by atoms with Gasteiger partial charge in [0.05, 0.1) is 11.6 Å². The quantitative estimate of drug-likeness (QED) is 0.897. The smallest absolute Gasteiger partial charge is 0.0995 e. The second-order valence-electron chi connectivity index (χ2n) is 5.72. The van der Waals surface area contributed by atoms with Gasteiger partial charge in [-0.2, -0.15) is 5.26 Å². The molecule has 100 valence electrons. The summed E-state index contributed by atoms with van der Waals surface area (Å²) in [7, 11) is 2.02. The number of hydrogen-bond donors (Lipinski definition) is 1. The molecule has 19 heavy (non-hydrogen) atoms. The Hall–Kier alpha value is -1.37. The van der Waals surface area contributed by atoms with E-state index in [-0.39, 0.29) is 0 Å². The SMILES string of the molecule is CNCC1CCN(C2CC2)C1c1ccccc1C#N. The van der Waals surface area contributed by atoms with Crippen LogP contribution in [0.1, 0.15) is 36.4 Å². The molecule has 3 nitrogen and oxygen atoms in total. The van der Waals surface area contributed by atoms with Crippen molar-refractivity contribution in [2.24, 2.45) is 5.92 Å². The topological polar surface area (TPSA) is 39.1 Å². The van der Waals surface area contributed by atoms with E-state index < -0.39 is 0 Å². The average Bonchev–Trinajstić information content (AvgIpc) is 3.21. The van der Waals surface area contributed by atoms with E-state index in [0.29, 0.717) is 12.0 Å². The fourth-order valence-corrected chi connectivity index (χ4v) is 3.46. The van der Waals surface area contributed by atoms with Crippen LogP contribution in [0, 0.1) is 17.2 Å². The van der Waals surface area contributed by atoms with E-state index in [4.69, 9.17) is 0 Å². The summed E-state index contributed by atoms with van der Waals surface area (Å²) in [5.74, 6) is 0.625. The van der Waals surface area contributed by atoms with Crippen molar-refractivity contribution in [3.8, 4) is 6.07 Å². The van der Waals surface area contributed by atoms with Gasteiger partial charge >= 0.3 is 0 Å². The molecule has 3 heteroatoms. The van der Waals surface area contributed by atoms with Crippen LogP contribution in [0.2, 0.25) is 0 Å². The molecule has 1 heterocycles. The van der Waals surface area contributed by atoms with Crippen molar-refractivity contribution in [3.63, 3.8) is 0 Å². The van der Waals surface area contributed by atoms with E-state index in [1.807, 2.05) is 19.2 Å². The average molecular weight is 255 g/mol. The minimum Gasteiger partial charge on any atom is -0.319 e. The number of rotatable bonds is 4. The predicted molar refractivity (Wildman–Crippen MR) is 75.7 cm³/mol. The Morgan fingerprint density at radius 1 is 1.32 bits per heavy atom. The number of nitrogens with zero attached hydrogens (tertiary/aromatic N) is 2. The molecule has 0 radical (unpaired) electrons. The first-order chi connectivity index (χ1) is 9.35. The highest BCUT2D eigenvalue weighted by Crippen LogP contribution is 2.44. The Labute approximate surface area is 115 Å². The Balaban J connectivity index is 1.94. The maximum atomic E-state index is 9.35. The monoisotopic (exact) mass is 255 g/mol. The molecule has 2 fully saturated rings. The maximum Gasteiger partial charge on any atom is 0.0995 e. The molecule has 1 aliphatic heterocycles. The van der Waals surface area contributed by atoms with Crippen LogP contribution < -0.4 is 5.32 Å². The van der Waals surface area contributed by atoms with Gasteiger partial charge in [-0.05, 0) is 56.9 Å². The molecule has 1 N–H and O–H groups in total. The molecule has 0 amide bonds. The molecule has 1 saturated heterocycles.